The molecule has 0 fully saturated rings. The monoisotopic (exact) mass is 471 g/mol. The van der Waals surface area contributed by atoms with Crippen LogP contribution in [0.5, 0.6) is 5.75 Å². The number of hydrogen-bond donors (Lipinski definition) is 5. The number of carbonyl (C=O) groups is 3. The molecular weight excluding hydrogens is 438 g/mol. The van der Waals surface area contributed by atoms with Gasteiger partial charge in [0.05, 0.1) is 23.8 Å². The molecule has 34 heavy (non-hydrogen) atoms. The Balaban J connectivity index is 2.01. The number of aliphatic carboxylic acids is 1. The molecule has 4 amide bonds. The average Bonchev–Trinajstić information content (AvgIpc) is 2.79. The molecule has 2 aromatic rings. The first-order valence-electron chi connectivity index (χ1n) is 11.0. The minimum atomic E-state index is -1.12. The summed E-state index contributed by atoms with van der Waals surface area (Å²) in [6, 6.07) is 12.2. The first-order chi connectivity index (χ1) is 16.1. The number of carbonyl (C=O) groups excluding carboxylic acids is 2. The van der Waals surface area contributed by atoms with Gasteiger partial charge in [-0.1, -0.05) is 29.8 Å². The molecule has 0 saturated heterocycles. The van der Waals surface area contributed by atoms with Crippen LogP contribution in [0.15, 0.2) is 48.5 Å². The van der Waals surface area contributed by atoms with Gasteiger partial charge in [0.15, 0.2) is 0 Å². The van der Waals surface area contributed by atoms with Crippen LogP contribution in [-0.2, 0) is 11.3 Å². The van der Waals surface area contributed by atoms with Crippen LogP contribution in [0.25, 0.3) is 0 Å². The van der Waals surface area contributed by atoms with Crippen LogP contribution in [0.1, 0.15) is 38.8 Å². The lowest BCUT2D eigenvalue weighted by Gasteiger charge is -2.30. The molecule has 5 N–H and O–H groups in total. The molecule has 0 spiro atoms. The van der Waals surface area contributed by atoms with Crippen LogP contribution >= 0.6 is 0 Å². The molecule has 2 aromatic carbocycles. The fraction of sp³-hybridized carbons (Fsp3) is 0.375. The van der Waals surface area contributed by atoms with Gasteiger partial charge in [0.2, 0.25) is 0 Å². The maximum absolute atomic E-state index is 12.9. The lowest BCUT2D eigenvalue weighted by atomic mass is 10.0. The van der Waals surface area contributed by atoms with Crippen LogP contribution in [-0.4, -0.2) is 40.2 Å². The van der Waals surface area contributed by atoms with Crippen molar-refractivity contribution in [3.63, 3.8) is 0 Å². The number of imide groups is 1. The van der Waals surface area contributed by atoms with Crippen molar-refractivity contribution in [2.45, 2.75) is 53.3 Å². The Morgan fingerprint density at radius 1 is 0.941 bits per heavy atom. The van der Waals surface area contributed by atoms with Crippen LogP contribution in [0.3, 0.4) is 0 Å². The van der Waals surface area contributed by atoms with Gasteiger partial charge >= 0.3 is 18.0 Å². The maximum Gasteiger partial charge on any atom is 0.341 e. The zero-order valence-corrected chi connectivity index (χ0v) is 20.1. The van der Waals surface area contributed by atoms with E-state index in [1.165, 1.54) is 13.8 Å². The number of nitrogens with zero attached hydrogens (tertiary/aromatic N) is 1. The summed E-state index contributed by atoms with van der Waals surface area (Å²) in [4.78, 5) is 38.0. The van der Waals surface area contributed by atoms with Gasteiger partial charge in [-0.15, -0.1) is 5.53 Å². The molecule has 0 aromatic heterocycles. The predicted octanol–water partition coefficient (Wildman–Crippen LogP) is 3.64. The van der Waals surface area contributed by atoms with Gasteiger partial charge in [-0.2, -0.15) is 0 Å². The molecular formula is C24H33N5O5. The van der Waals surface area contributed by atoms with Crippen molar-refractivity contribution in [3.05, 3.63) is 59.7 Å². The van der Waals surface area contributed by atoms with Crippen molar-refractivity contribution >= 4 is 23.7 Å². The molecule has 0 aliphatic carbocycles. The van der Waals surface area contributed by atoms with Crippen molar-refractivity contribution in [3.8, 4) is 5.75 Å². The average molecular weight is 472 g/mol. The summed E-state index contributed by atoms with van der Waals surface area (Å²) < 4.78 is 5.58. The third kappa shape index (κ3) is 7.96. The third-order valence-corrected chi connectivity index (χ3v) is 5.12. The predicted molar refractivity (Wildman–Crippen MR) is 129 cm³/mol. The summed E-state index contributed by atoms with van der Waals surface area (Å²) in [5.74, 6) is -1.39. The largest absolute Gasteiger partial charge is 0.491 e. The van der Waals surface area contributed by atoms with E-state index in [0.29, 0.717) is 11.4 Å². The zero-order chi connectivity index (χ0) is 25.3. The molecule has 0 aliphatic heterocycles. The van der Waals surface area contributed by atoms with E-state index in [1.807, 2.05) is 45.0 Å². The zero-order valence-electron chi connectivity index (χ0n) is 20.1. The molecule has 0 saturated carbocycles. The Bertz CT molecular complexity index is 963. The highest BCUT2D eigenvalue weighted by atomic mass is 16.5. The van der Waals surface area contributed by atoms with Crippen molar-refractivity contribution in [2.24, 2.45) is 5.92 Å². The molecule has 2 rings (SSSR count). The molecule has 184 valence electrons. The van der Waals surface area contributed by atoms with Gasteiger partial charge in [-0.3, -0.25) is 10.2 Å². The summed E-state index contributed by atoms with van der Waals surface area (Å²) in [5, 5.41) is 12.0. The number of aryl methyl sites for hydroxylation is 1. The number of hydrazine groups is 2. The molecule has 0 radical (unpaired) electrons. The van der Waals surface area contributed by atoms with E-state index < -0.39 is 30.0 Å². The number of rotatable bonds is 10. The number of hydrogen-bond acceptors (Lipinski definition) is 6. The Hall–Kier alpha value is -3.79. The summed E-state index contributed by atoms with van der Waals surface area (Å²) in [7, 11) is 0. The van der Waals surface area contributed by atoms with Crippen molar-refractivity contribution < 1.29 is 24.2 Å². The minimum Gasteiger partial charge on any atom is -0.491 e. The Kier molecular flexibility index (Phi) is 9.69. The van der Waals surface area contributed by atoms with E-state index in [2.05, 4.69) is 21.7 Å². The van der Waals surface area contributed by atoms with E-state index in [0.717, 1.165) is 16.0 Å². The number of nitrogens with one attached hydrogen (secondary N) is 4. The Labute approximate surface area is 199 Å². The van der Waals surface area contributed by atoms with Gasteiger partial charge in [0.25, 0.3) is 0 Å². The lowest BCUT2D eigenvalue weighted by Crippen LogP contribution is -2.58. The van der Waals surface area contributed by atoms with Crippen molar-refractivity contribution in [2.75, 3.05) is 5.43 Å². The van der Waals surface area contributed by atoms with Crippen molar-refractivity contribution in [1.29, 1.82) is 0 Å². The molecule has 10 heteroatoms. The SMILES string of the molecule is Cc1ccc(CNC(=O)N(C(=O)NNNc2ccc(OC(C)C)cc2)[C@@H](C)[C@@H](C)C(=O)O)cc1. The van der Waals surface area contributed by atoms with E-state index >= 15 is 0 Å². The highest BCUT2D eigenvalue weighted by Gasteiger charge is 2.33. The number of urea groups is 2. The summed E-state index contributed by atoms with van der Waals surface area (Å²) in [6.07, 6.45) is 0.0505. The standard InChI is InChI=1S/C24H33N5O5/c1-15(2)34-21-12-10-20(11-13-21)26-28-27-24(33)29(18(5)17(4)22(30)31)23(32)25-14-19-8-6-16(3)7-9-19/h6-13,15,17-18,26,28H,14H2,1-5H3,(H,25,32)(H,27,33)(H,30,31)/t17-,18+/m1/s1. The second kappa shape index (κ2) is 12.4. The van der Waals surface area contributed by atoms with Crippen LogP contribution in [0.4, 0.5) is 15.3 Å². The summed E-state index contributed by atoms with van der Waals surface area (Å²) in [5.41, 5.74) is 10.3. The van der Waals surface area contributed by atoms with Gasteiger partial charge in [-0.25, -0.2) is 14.5 Å². The first kappa shape index (κ1) is 26.5. The van der Waals surface area contributed by atoms with Crippen LogP contribution in [0.2, 0.25) is 0 Å². The normalized spacial score (nSPS) is 12.4. The van der Waals surface area contributed by atoms with E-state index in [4.69, 9.17) is 4.74 Å². The van der Waals surface area contributed by atoms with E-state index in [1.54, 1.807) is 24.3 Å². The van der Waals surface area contributed by atoms with E-state index in [-0.39, 0.29) is 12.6 Å². The third-order valence-electron chi connectivity index (χ3n) is 5.12. The quantitative estimate of drug-likeness (QED) is 0.334. The fourth-order valence-electron chi connectivity index (χ4n) is 2.97. The number of amides is 4. The highest BCUT2D eigenvalue weighted by Crippen LogP contribution is 2.16. The summed E-state index contributed by atoms with van der Waals surface area (Å²) in [6.45, 7) is 8.94. The lowest BCUT2D eigenvalue weighted by molar-refractivity contribution is -0.142. The second-order valence-corrected chi connectivity index (χ2v) is 8.25. The second-order valence-electron chi connectivity index (χ2n) is 8.25. The fourth-order valence-corrected chi connectivity index (χ4v) is 2.97. The molecule has 0 heterocycles. The number of carboxylic acids is 1. The smallest absolute Gasteiger partial charge is 0.341 e. The maximum atomic E-state index is 12.9. The molecule has 10 nitrogen and oxygen atoms in total. The van der Waals surface area contributed by atoms with Crippen molar-refractivity contribution in [1.82, 2.24) is 21.2 Å². The van der Waals surface area contributed by atoms with Crippen LogP contribution < -0.4 is 26.4 Å². The van der Waals surface area contributed by atoms with Crippen LogP contribution in [0, 0.1) is 12.8 Å². The Morgan fingerprint density at radius 2 is 1.56 bits per heavy atom. The Morgan fingerprint density at radius 3 is 2.12 bits per heavy atom. The molecule has 0 aliphatic rings. The molecule has 0 unspecified atom stereocenters. The molecule has 0 bridgehead atoms. The summed E-state index contributed by atoms with van der Waals surface area (Å²) >= 11 is 0. The van der Waals surface area contributed by atoms with E-state index in [9.17, 15) is 19.5 Å². The van der Waals surface area contributed by atoms with Gasteiger partial charge in [-0.05, 0) is 64.4 Å². The highest BCUT2D eigenvalue weighted by molar-refractivity contribution is 5.94. The minimum absolute atomic E-state index is 0.0505. The number of benzene rings is 2. The first-order valence-corrected chi connectivity index (χ1v) is 11.0. The topological polar surface area (TPSA) is 132 Å². The number of anilines is 1. The van der Waals surface area contributed by atoms with Gasteiger partial charge < -0.3 is 20.6 Å². The number of carboxylic acid groups (broad SMARTS) is 1. The van der Waals surface area contributed by atoms with Gasteiger partial charge in [0.1, 0.15) is 5.75 Å². The van der Waals surface area contributed by atoms with Gasteiger partial charge in [0, 0.05) is 6.54 Å². The molecule has 2 atom stereocenters. The number of ether oxygens (including phenoxy) is 1.